The van der Waals surface area contributed by atoms with E-state index in [-0.39, 0.29) is 6.61 Å². The third kappa shape index (κ3) is 4.40. The van der Waals surface area contributed by atoms with Crippen LogP contribution in [-0.2, 0) is 17.6 Å². The van der Waals surface area contributed by atoms with Crippen molar-refractivity contribution >= 4 is 5.91 Å². The number of carbonyl (C=O) groups is 1. The molecule has 0 heterocycles. The average Bonchev–Trinajstić information content (AvgIpc) is 2.63. The molecule has 1 amide bonds. The van der Waals surface area contributed by atoms with Crippen molar-refractivity contribution in [2.24, 2.45) is 11.7 Å². The Morgan fingerprint density at radius 2 is 2.04 bits per heavy atom. The number of rotatable bonds is 7. The van der Waals surface area contributed by atoms with Crippen LogP contribution < -0.4 is 15.8 Å². The van der Waals surface area contributed by atoms with E-state index < -0.39 is 5.91 Å². The maximum atomic E-state index is 11.0. The second kappa shape index (κ2) is 8.17. The monoisotopic (exact) mass is 338 g/mol. The molecule has 0 fully saturated rings. The Labute approximate surface area is 149 Å². The number of nitrogens with two attached hydrogens (primary N) is 1. The molecule has 1 aliphatic carbocycles. The van der Waals surface area contributed by atoms with E-state index in [2.05, 4.69) is 47.8 Å². The van der Waals surface area contributed by atoms with Crippen LogP contribution in [0.5, 0.6) is 5.75 Å². The van der Waals surface area contributed by atoms with Crippen LogP contribution in [0.4, 0.5) is 0 Å². The molecule has 0 aliphatic heterocycles. The van der Waals surface area contributed by atoms with Gasteiger partial charge in [0, 0.05) is 0 Å². The van der Waals surface area contributed by atoms with Crippen LogP contribution >= 0.6 is 0 Å². The van der Waals surface area contributed by atoms with Crippen LogP contribution in [0.1, 0.15) is 29.0 Å². The van der Waals surface area contributed by atoms with Gasteiger partial charge >= 0.3 is 0 Å². The molecule has 0 spiro atoms. The molecule has 1 aliphatic rings. The van der Waals surface area contributed by atoms with Gasteiger partial charge in [-0.25, -0.2) is 0 Å². The molecule has 0 bridgehead atoms. The maximum Gasteiger partial charge on any atom is 0.255 e. The van der Waals surface area contributed by atoms with Crippen molar-refractivity contribution in [1.29, 1.82) is 0 Å². The third-order valence-electron chi connectivity index (χ3n) is 5.02. The van der Waals surface area contributed by atoms with Crippen LogP contribution in [-0.4, -0.2) is 26.1 Å². The van der Waals surface area contributed by atoms with E-state index in [4.69, 9.17) is 10.5 Å². The fourth-order valence-corrected chi connectivity index (χ4v) is 3.84. The van der Waals surface area contributed by atoms with Gasteiger partial charge in [-0.2, -0.15) is 0 Å². The van der Waals surface area contributed by atoms with Crippen LogP contribution in [0.2, 0.25) is 0 Å². The molecule has 3 N–H and O–H groups in total. The first kappa shape index (κ1) is 17.5. The number of hydrogen-bond acceptors (Lipinski definition) is 3. The third-order valence-corrected chi connectivity index (χ3v) is 5.02. The SMILES string of the molecule is CNCC1CCc2ccc(OCC(N)=O)cc2C1Cc1ccccc1. The Balaban J connectivity index is 1.89. The van der Waals surface area contributed by atoms with Gasteiger partial charge in [-0.3, -0.25) is 4.79 Å². The summed E-state index contributed by atoms with van der Waals surface area (Å²) in [5.74, 6) is 1.30. The number of amides is 1. The molecule has 25 heavy (non-hydrogen) atoms. The smallest absolute Gasteiger partial charge is 0.255 e. The molecule has 0 aromatic heterocycles. The number of carbonyl (C=O) groups excluding carboxylic acids is 1. The van der Waals surface area contributed by atoms with Gasteiger partial charge in [-0.15, -0.1) is 0 Å². The van der Waals surface area contributed by atoms with Crippen molar-refractivity contribution in [3.63, 3.8) is 0 Å². The average molecular weight is 338 g/mol. The van der Waals surface area contributed by atoms with Gasteiger partial charge in [0.1, 0.15) is 5.75 Å². The van der Waals surface area contributed by atoms with Gasteiger partial charge in [-0.05, 0) is 73.5 Å². The van der Waals surface area contributed by atoms with E-state index in [1.54, 1.807) is 0 Å². The Bertz CT molecular complexity index is 715. The Hall–Kier alpha value is -2.33. The lowest BCUT2D eigenvalue weighted by molar-refractivity contribution is -0.119. The second-order valence-corrected chi connectivity index (χ2v) is 6.77. The van der Waals surface area contributed by atoms with Gasteiger partial charge in [0.2, 0.25) is 0 Å². The van der Waals surface area contributed by atoms with Gasteiger partial charge in [0.25, 0.3) is 5.91 Å². The molecule has 2 aromatic rings. The topological polar surface area (TPSA) is 64.3 Å². The minimum Gasteiger partial charge on any atom is -0.484 e. The Morgan fingerprint density at radius 3 is 2.76 bits per heavy atom. The fraction of sp³-hybridized carbons (Fsp3) is 0.381. The largest absolute Gasteiger partial charge is 0.484 e. The number of benzene rings is 2. The van der Waals surface area contributed by atoms with E-state index in [9.17, 15) is 4.79 Å². The normalized spacial score (nSPS) is 19.2. The summed E-state index contributed by atoms with van der Waals surface area (Å²) < 4.78 is 5.54. The summed E-state index contributed by atoms with van der Waals surface area (Å²) in [5.41, 5.74) is 9.28. The number of ether oxygens (including phenoxy) is 1. The highest BCUT2D eigenvalue weighted by Crippen LogP contribution is 2.40. The first-order valence-electron chi connectivity index (χ1n) is 8.90. The zero-order chi connectivity index (χ0) is 17.6. The zero-order valence-electron chi connectivity index (χ0n) is 14.7. The minimum absolute atomic E-state index is 0.0813. The first-order chi connectivity index (χ1) is 12.2. The molecular weight excluding hydrogens is 312 g/mol. The summed E-state index contributed by atoms with van der Waals surface area (Å²) in [6.45, 7) is 0.922. The highest BCUT2D eigenvalue weighted by atomic mass is 16.5. The van der Waals surface area contributed by atoms with E-state index in [1.165, 1.54) is 23.1 Å². The Morgan fingerprint density at radius 1 is 1.24 bits per heavy atom. The van der Waals surface area contributed by atoms with Crippen LogP contribution in [0, 0.1) is 5.92 Å². The number of hydrogen-bond donors (Lipinski definition) is 2. The summed E-state index contributed by atoms with van der Waals surface area (Å²) in [7, 11) is 2.02. The number of primary amides is 1. The van der Waals surface area contributed by atoms with Crippen molar-refractivity contribution in [3.8, 4) is 5.75 Å². The molecule has 0 radical (unpaired) electrons. The quantitative estimate of drug-likeness (QED) is 0.816. The second-order valence-electron chi connectivity index (χ2n) is 6.77. The molecule has 3 rings (SSSR count). The van der Waals surface area contributed by atoms with Crippen LogP contribution in [0.3, 0.4) is 0 Å². The lowest BCUT2D eigenvalue weighted by Crippen LogP contribution is -2.30. The predicted octanol–water partition coefficient (Wildman–Crippen LogP) is 2.66. The predicted molar refractivity (Wildman–Crippen MR) is 99.8 cm³/mol. The molecule has 132 valence electrons. The van der Waals surface area contributed by atoms with Crippen LogP contribution in [0.15, 0.2) is 48.5 Å². The van der Waals surface area contributed by atoms with E-state index >= 15 is 0 Å². The van der Waals surface area contributed by atoms with Crippen molar-refractivity contribution < 1.29 is 9.53 Å². The zero-order valence-corrected chi connectivity index (χ0v) is 14.7. The maximum absolute atomic E-state index is 11.0. The van der Waals surface area contributed by atoms with Gasteiger partial charge in [0.05, 0.1) is 0 Å². The lowest BCUT2D eigenvalue weighted by Gasteiger charge is -2.34. The molecule has 2 atom stereocenters. The molecule has 0 saturated carbocycles. The summed E-state index contributed by atoms with van der Waals surface area (Å²) in [4.78, 5) is 11.0. The standard InChI is InChI=1S/C21H26N2O2/c1-23-13-17-8-7-16-9-10-18(25-14-21(22)24)12-20(16)19(17)11-15-5-3-2-4-6-15/h2-6,9-10,12,17,19,23H,7-8,11,13-14H2,1H3,(H2,22,24). The summed E-state index contributed by atoms with van der Waals surface area (Å²) >= 11 is 0. The van der Waals surface area contributed by atoms with E-state index in [1.807, 2.05) is 13.1 Å². The Kier molecular flexibility index (Phi) is 5.71. The minimum atomic E-state index is -0.452. The van der Waals surface area contributed by atoms with Crippen LogP contribution in [0.25, 0.3) is 0 Å². The van der Waals surface area contributed by atoms with E-state index in [0.29, 0.717) is 11.8 Å². The van der Waals surface area contributed by atoms with Crippen molar-refractivity contribution in [2.75, 3.05) is 20.2 Å². The molecule has 2 unspecified atom stereocenters. The van der Waals surface area contributed by atoms with Gasteiger partial charge in [-0.1, -0.05) is 36.4 Å². The summed E-state index contributed by atoms with van der Waals surface area (Å²) in [6.07, 6.45) is 3.29. The van der Waals surface area contributed by atoms with Crippen molar-refractivity contribution in [2.45, 2.75) is 25.2 Å². The number of aryl methyl sites for hydroxylation is 1. The molecule has 4 heteroatoms. The van der Waals surface area contributed by atoms with Crippen molar-refractivity contribution in [1.82, 2.24) is 5.32 Å². The molecule has 0 saturated heterocycles. The number of nitrogens with one attached hydrogen (secondary N) is 1. The van der Waals surface area contributed by atoms with E-state index in [0.717, 1.165) is 25.1 Å². The highest BCUT2D eigenvalue weighted by molar-refractivity contribution is 5.75. The lowest BCUT2D eigenvalue weighted by atomic mass is 9.72. The first-order valence-corrected chi connectivity index (χ1v) is 8.90. The van der Waals surface area contributed by atoms with Gasteiger partial charge in [0.15, 0.2) is 6.61 Å². The van der Waals surface area contributed by atoms with Gasteiger partial charge < -0.3 is 15.8 Å². The summed E-state index contributed by atoms with van der Waals surface area (Å²) in [6, 6.07) is 16.8. The number of fused-ring (bicyclic) bond motifs is 1. The summed E-state index contributed by atoms with van der Waals surface area (Å²) in [5, 5.41) is 3.35. The van der Waals surface area contributed by atoms with Crippen molar-refractivity contribution in [3.05, 3.63) is 65.2 Å². The molecular formula is C21H26N2O2. The molecule has 2 aromatic carbocycles. The molecule has 4 nitrogen and oxygen atoms in total. The highest BCUT2D eigenvalue weighted by Gasteiger charge is 2.29. The fourth-order valence-electron chi connectivity index (χ4n) is 3.84.